The number of aliphatic hydroxyl groups is 1. The highest BCUT2D eigenvalue weighted by Gasteiger charge is 2.33. The molecule has 114 valence electrons. The van der Waals surface area contributed by atoms with Crippen LogP contribution in [0.15, 0.2) is 18.5 Å². The van der Waals surface area contributed by atoms with Gasteiger partial charge in [-0.15, -0.1) is 0 Å². The minimum Gasteiger partial charge on any atom is -0.396 e. The van der Waals surface area contributed by atoms with Gasteiger partial charge in [-0.25, -0.2) is 9.50 Å². The first kappa shape index (κ1) is 14.3. The molecule has 0 bridgehead atoms. The van der Waals surface area contributed by atoms with Crippen LogP contribution in [0.3, 0.4) is 0 Å². The van der Waals surface area contributed by atoms with Gasteiger partial charge in [-0.3, -0.25) is 0 Å². The molecule has 0 atom stereocenters. The third kappa shape index (κ3) is 2.75. The number of nitrogens with zero attached hydrogens (tertiary/aromatic N) is 3. The molecular formula is C16H24N4O. The molecule has 5 heteroatoms. The maximum absolute atomic E-state index is 9.71. The molecule has 0 unspecified atom stereocenters. The van der Waals surface area contributed by atoms with Crippen LogP contribution in [-0.4, -0.2) is 32.9 Å². The van der Waals surface area contributed by atoms with E-state index in [-0.39, 0.29) is 12.0 Å². The standard InChI is InChI=1S/C16H24N4O/c1-12(2)13-9-14-15(17-7-8-20(14)19-13)18-10-16(11-21)5-3-4-6-16/h7-9,12,21H,3-6,10-11H2,1-2H3,(H,17,18). The van der Waals surface area contributed by atoms with Crippen LogP contribution in [0.1, 0.15) is 51.1 Å². The van der Waals surface area contributed by atoms with E-state index in [1.807, 2.05) is 10.7 Å². The van der Waals surface area contributed by atoms with Crippen LogP contribution in [0.4, 0.5) is 5.82 Å². The third-order valence-corrected chi connectivity index (χ3v) is 4.63. The van der Waals surface area contributed by atoms with Crippen LogP contribution >= 0.6 is 0 Å². The Kier molecular flexibility index (Phi) is 3.85. The number of hydrogen-bond donors (Lipinski definition) is 2. The maximum Gasteiger partial charge on any atom is 0.152 e. The number of nitrogens with one attached hydrogen (secondary N) is 1. The fraction of sp³-hybridized carbons (Fsp3) is 0.625. The van der Waals surface area contributed by atoms with Crippen molar-refractivity contribution in [3.63, 3.8) is 0 Å². The van der Waals surface area contributed by atoms with E-state index in [1.165, 1.54) is 12.8 Å². The monoisotopic (exact) mass is 288 g/mol. The molecule has 2 heterocycles. The minimum absolute atomic E-state index is 0.0232. The van der Waals surface area contributed by atoms with E-state index in [0.717, 1.165) is 36.4 Å². The molecule has 0 spiro atoms. The van der Waals surface area contributed by atoms with E-state index < -0.39 is 0 Å². The molecule has 3 rings (SSSR count). The second-order valence-electron chi connectivity index (χ2n) is 6.55. The first-order valence-corrected chi connectivity index (χ1v) is 7.83. The predicted octanol–water partition coefficient (Wildman–Crippen LogP) is 2.82. The normalized spacial score (nSPS) is 17.7. The summed E-state index contributed by atoms with van der Waals surface area (Å²) in [5.74, 6) is 1.26. The molecule has 2 aromatic rings. The lowest BCUT2D eigenvalue weighted by Crippen LogP contribution is -2.30. The second-order valence-corrected chi connectivity index (χ2v) is 6.55. The Balaban J connectivity index is 1.83. The number of rotatable bonds is 5. The van der Waals surface area contributed by atoms with Gasteiger partial charge in [-0.1, -0.05) is 26.7 Å². The Morgan fingerprint density at radius 2 is 2.14 bits per heavy atom. The molecule has 2 aromatic heterocycles. The van der Waals surface area contributed by atoms with Crippen LogP contribution in [0.25, 0.3) is 5.52 Å². The molecule has 1 aliphatic carbocycles. The number of anilines is 1. The summed E-state index contributed by atoms with van der Waals surface area (Å²) in [6, 6.07) is 2.10. The van der Waals surface area contributed by atoms with Gasteiger partial charge in [0.25, 0.3) is 0 Å². The van der Waals surface area contributed by atoms with Gasteiger partial charge in [0.2, 0.25) is 0 Å². The zero-order valence-corrected chi connectivity index (χ0v) is 12.8. The molecule has 2 N–H and O–H groups in total. The Labute approximate surface area is 125 Å². The van der Waals surface area contributed by atoms with Crippen LogP contribution in [0.5, 0.6) is 0 Å². The molecule has 1 aliphatic rings. The van der Waals surface area contributed by atoms with E-state index in [1.54, 1.807) is 6.20 Å². The summed E-state index contributed by atoms with van der Waals surface area (Å²) >= 11 is 0. The predicted molar refractivity (Wildman–Crippen MR) is 83.6 cm³/mol. The lowest BCUT2D eigenvalue weighted by molar-refractivity contribution is 0.142. The lowest BCUT2D eigenvalue weighted by atomic mass is 9.87. The largest absolute Gasteiger partial charge is 0.396 e. The molecule has 0 radical (unpaired) electrons. The SMILES string of the molecule is CC(C)c1cc2c(NCC3(CO)CCCC3)nccn2n1. The average molecular weight is 288 g/mol. The van der Waals surface area contributed by atoms with Gasteiger partial charge in [0.1, 0.15) is 5.52 Å². The van der Waals surface area contributed by atoms with Gasteiger partial charge in [-0.2, -0.15) is 5.10 Å². The van der Waals surface area contributed by atoms with Crippen molar-refractivity contribution in [3.8, 4) is 0 Å². The Bertz CT molecular complexity index is 614. The summed E-state index contributed by atoms with van der Waals surface area (Å²) < 4.78 is 1.88. The highest BCUT2D eigenvalue weighted by Crippen LogP contribution is 2.37. The average Bonchev–Trinajstić information content (AvgIpc) is 3.12. The molecule has 0 aliphatic heterocycles. The van der Waals surface area contributed by atoms with E-state index in [9.17, 15) is 5.11 Å². The Morgan fingerprint density at radius 3 is 2.81 bits per heavy atom. The number of fused-ring (bicyclic) bond motifs is 1. The molecule has 0 amide bonds. The van der Waals surface area contributed by atoms with Gasteiger partial charge in [0, 0.05) is 24.4 Å². The zero-order valence-electron chi connectivity index (χ0n) is 12.8. The summed E-state index contributed by atoms with van der Waals surface area (Å²) in [7, 11) is 0. The summed E-state index contributed by atoms with van der Waals surface area (Å²) in [5, 5.41) is 17.7. The van der Waals surface area contributed by atoms with Crippen LogP contribution < -0.4 is 5.32 Å². The van der Waals surface area contributed by atoms with Gasteiger partial charge < -0.3 is 10.4 Å². The first-order chi connectivity index (χ1) is 10.1. The molecule has 0 aromatic carbocycles. The number of aliphatic hydroxyl groups excluding tert-OH is 1. The van der Waals surface area contributed by atoms with Crippen molar-refractivity contribution in [2.75, 3.05) is 18.5 Å². The smallest absolute Gasteiger partial charge is 0.152 e. The quantitative estimate of drug-likeness (QED) is 0.888. The van der Waals surface area contributed by atoms with Crippen molar-refractivity contribution in [2.24, 2.45) is 5.41 Å². The fourth-order valence-electron chi connectivity index (χ4n) is 3.15. The van der Waals surface area contributed by atoms with Crippen molar-refractivity contribution in [3.05, 3.63) is 24.2 Å². The van der Waals surface area contributed by atoms with Crippen LogP contribution in [0.2, 0.25) is 0 Å². The van der Waals surface area contributed by atoms with E-state index in [2.05, 4.69) is 35.3 Å². The molecule has 0 saturated heterocycles. The van der Waals surface area contributed by atoms with Crippen molar-refractivity contribution in [1.82, 2.24) is 14.6 Å². The Morgan fingerprint density at radius 1 is 1.38 bits per heavy atom. The molecular weight excluding hydrogens is 264 g/mol. The van der Waals surface area contributed by atoms with Crippen molar-refractivity contribution in [1.29, 1.82) is 0 Å². The first-order valence-electron chi connectivity index (χ1n) is 7.83. The topological polar surface area (TPSA) is 62.5 Å². The van der Waals surface area contributed by atoms with Crippen LogP contribution in [0, 0.1) is 5.41 Å². The number of aromatic nitrogens is 3. The van der Waals surface area contributed by atoms with Gasteiger partial charge in [0.15, 0.2) is 5.82 Å². The summed E-state index contributed by atoms with van der Waals surface area (Å²) in [4.78, 5) is 4.45. The number of hydrogen-bond acceptors (Lipinski definition) is 4. The van der Waals surface area contributed by atoms with Crippen molar-refractivity contribution >= 4 is 11.3 Å². The van der Waals surface area contributed by atoms with E-state index >= 15 is 0 Å². The third-order valence-electron chi connectivity index (χ3n) is 4.63. The van der Waals surface area contributed by atoms with Gasteiger partial charge in [-0.05, 0) is 24.8 Å². The fourth-order valence-corrected chi connectivity index (χ4v) is 3.15. The Hall–Kier alpha value is -1.62. The summed E-state index contributed by atoms with van der Waals surface area (Å²) in [5.41, 5.74) is 2.10. The van der Waals surface area contributed by atoms with Gasteiger partial charge in [0.05, 0.1) is 12.3 Å². The molecule has 1 fully saturated rings. The van der Waals surface area contributed by atoms with E-state index in [0.29, 0.717) is 5.92 Å². The molecule has 5 nitrogen and oxygen atoms in total. The maximum atomic E-state index is 9.71. The minimum atomic E-state index is 0.0232. The summed E-state index contributed by atoms with van der Waals surface area (Å²) in [6.45, 7) is 5.31. The van der Waals surface area contributed by atoms with Crippen LogP contribution in [-0.2, 0) is 0 Å². The van der Waals surface area contributed by atoms with E-state index in [4.69, 9.17) is 0 Å². The molecule has 1 saturated carbocycles. The molecule has 21 heavy (non-hydrogen) atoms. The highest BCUT2D eigenvalue weighted by atomic mass is 16.3. The highest BCUT2D eigenvalue weighted by molar-refractivity contribution is 5.68. The second kappa shape index (κ2) is 5.64. The summed E-state index contributed by atoms with van der Waals surface area (Å²) in [6.07, 6.45) is 8.26. The van der Waals surface area contributed by atoms with Crippen molar-refractivity contribution in [2.45, 2.75) is 45.4 Å². The lowest BCUT2D eigenvalue weighted by Gasteiger charge is -2.26. The van der Waals surface area contributed by atoms with Crippen molar-refractivity contribution < 1.29 is 5.11 Å². The van der Waals surface area contributed by atoms with Gasteiger partial charge >= 0.3 is 0 Å². The zero-order chi connectivity index (χ0) is 14.9.